The van der Waals surface area contributed by atoms with Crippen LogP contribution in [-0.2, 0) is 19.1 Å². The first-order valence-corrected chi connectivity index (χ1v) is 14.5. The van der Waals surface area contributed by atoms with Crippen molar-refractivity contribution in [2.75, 3.05) is 6.61 Å². The zero-order valence-electron chi connectivity index (χ0n) is 22.7. The molecule has 35 heavy (non-hydrogen) atoms. The first kappa shape index (κ1) is 31.2. The monoisotopic (exact) mass is 492 g/mol. The second-order valence-corrected chi connectivity index (χ2v) is 9.79. The molecule has 0 radical (unpaired) electrons. The molecule has 202 valence electrons. The van der Waals surface area contributed by atoms with E-state index in [-0.39, 0.29) is 18.5 Å². The van der Waals surface area contributed by atoms with Crippen LogP contribution in [0.15, 0.2) is 12.4 Å². The summed E-state index contributed by atoms with van der Waals surface area (Å²) >= 11 is 0. The van der Waals surface area contributed by atoms with Gasteiger partial charge in [-0.05, 0) is 12.8 Å². The van der Waals surface area contributed by atoms with Crippen LogP contribution in [0.2, 0.25) is 0 Å². The minimum absolute atomic E-state index is 0.00722. The number of aromatic nitrogens is 2. The number of rotatable bonds is 24. The molecule has 1 unspecified atom stereocenters. The molecule has 1 aromatic heterocycles. The number of carbonyl (C=O) groups is 2. The van der Waals surface area contributed by atoms with Gasteiger partial charge in [-0.1, -0.05) is 117 Å². The predicted molar refractivity (Wildman–Crippen MR) is 142 cm³/mol. The molecule has 1 heterocycles. The molecule has 6 heteroatoms. The Hall–Kier alpha value is -1.85. The minimum Gasteiger partial charge on any atom is -0.461 e. The van der Waals surface area contributed by atoms with Crippen molar-refractivity contribution < 1.29 is 19.1 Å². The van der Waals surface area contributed by atoms with Gasteiger partial charge in [0.1, 0.15) is 6.61 Å². The predicted octanol–water partition coefficient (Wildman–Crippen LogP) is 8.38. The zero-order valence-corrected chi connectivity index (χ0v) is 22.7. The van der Waals surface area contributed by atoms with Crippen LogP contribution in [0, 0.1) is 0 Å². The number of nitrogens with one attached hydrogen (secondary N) is 1. The van der Waals surface area contributed by atoms with Crippen molar-refractivity contribution in [3.63, 3.8) is 0 Å². The molecule has 0 aromatic carbocycles. The number of nitrogens with zero attached hydrogens (tertiary/aromatic N) is 1. The summed E-state index contributed by atoms with van der Waals surface area (Å²) < 4.78 is 11.0. The molecule has 1 aromatic rings. The number of imidazole rings is 1. The summed E-state index contributed by atoms with van der Waals surface area (Å²) in [6.07, 6.45) is 25.1. The van der Waals surface area contributed by atoms with Crippen LogP contribution in [0.5, 0.6) is 0 Å². The molecule has 0 aliphatic heterocycles. The number of unbranched alkanes of at least 4 members (excludes halogenated alkanes) is 16. The molecular formula is C29H52N2O4. The third-order valence-corrected chi connectivity index (χ3v) is 6.46. The number of H-pyrrole nitrogens is 1. The molecule has 1 N–H and O–H groups in total. The lowest BCUT2D eigenvalue weighted by Crippen LogP contribution is -2.20. The van der Waals surface area contributed by atoms with E-state index in [1.165, 1.54) is 83.5 Å². The van der Waals surface area contributed by atoms with Crippen molar-refractivity contribution in [2.45, 2.75) is 148 Å². The Morgan fingerprint density at radius 2 is 1.17 bits per heavy atom. The van der Waals surface area contributed by atoms with E-state index >= 15 is 0 Å². The summed E-state index contributed by atoms with van der Waals surface area (Å²) in [5, 5.41) is 0. The van der Waals surface area contributed by atoms with Crippen molar-refractivity contribution in [1.29, 1.82) is 0 Å². The largest absolute Gasteiger partial charge is 0.461 e. The van der Waals surface area contributed by atoms with Gasteiger partial charge >= 0.3 is 11.9 Å². The second-order valence-electron chi connectivity index (χ2n) is 9.79. The fourth-order valence-corrected chi connectivity index (χ4v) is 4.24. The molecule has 0 aliphatic rings. The Labute approximate surface area is 214 Å². The van der Waals surface area contributed by atoms with Crippen LogP contribution >= 0.6 is 0 Å². The van der Waals surface area contributed by atoms with Crippen LogP contribution in [0.4, 0.5) is 0 Å². The summed E-state index contributed by atoms with van der Waals surface area (Å²) in [6, 6.07) is 0. The highest BCUT2D eigenvalue weighted by molar-refractivity contribution is 5.70. The highest BCUT2D eigenvalue weighted by Crippen LogP contribution is 2.17. The van der Waals surface area contributed by atoms with Crippen LogP contribution < -0.4 is 0 Å². The number of hydrogen-bond donors (Lipinski definition) is 1. The van der Waals surface area contributed by atoms with Gasteiger partial charge in [0.25, 0.3) is 0 Å². The van der Waals surface area contributed by atoms with Gasteiger partial charge < -0.3 is 14.5 Å². The van der Waals surface area contributed by atoms with E-state index in [1.54, 1.807) is 12.4 Å². The normalized spacial score (nSPS) is 11.9. The first-order chi connectivity index (χ1) is 17.2. The van der Waals surface area contributed by atoms with Crippen LogP contribution in [0.3, 0.4) is 0 Å². The molecule has 0 spiro atoms. The average Bonchev–Trinajstić information content (AvgIpc) is 3.39. The molecule has 0 saturated carbocycles. The van der Waals surface area contributed by atoms with Crippen molar-refractivity contribution in [2.24, 2.45) is 0 Å². The summed E-state index contributed by atoms with van der Waals surface area (Å²) in [5.74, 6) is 0.0186. The Bertz CT molecular complexity index is 618. The lowest BCUT2D eigenvalue weighted by molar-refractivity contribution is -0.160. The van der Waals surface area contributed by atoms with E-state index in [4.69, 9.17) is 9.47 Å². The minimum atomic E-state index is -0.678. The molecule has 1 rings (SSSR count). The Morgan fingerprint density at radius 3 is 1.63 bits per heavy atom. The number of carbonyl (C=O) groups excluding carboxylic acids is 2. The summed E-state index contributed by atoms with van der Waals surface area (Å²) in [7, 11) is 0. The smallest absolute Gasteiger partial charge is 0.306 e. The standard InChI is InChI=1S/C29H52N2O4/c1-3-5-7-9-11-13-15-17-19-21-27(32)34-25-26(29-30-23-24-31-29)35-28(33)22-20-18-16-14-12-10-8-6-4-2/h23-24,26H,3-22,25H2,1-2H3,(H,30,31). The number of ether oxygens (including phenoxy) is 2. The van der Waals surface area contributed by atoms with Gasteiger partial charge in [0.2, 0.25) is 0 Å². The highest BCUT2D eigenvalue weighted by atomic mass is 16.6. The molecule has 0 bridgehead atoms. The topological polar surface area (TPSA) is 81.3 Å². The van der Waals surface area contributed by atoms with E-state index in [9.17, 15) is 9.59 Å². The zero-order chi connectivity index (χ0) is 25.4. The lowest BCUT2D eigenvalue weighted by Gasteiger charge is -2.16. The maximum Gasteiger partial charge on any atom is 0.306 e. The molecule has 0 amide bonds. The average molecular weight is 493 g/mol. The van der Waals surface area contributed by atoms with Crippen molar-refractivity contribution >= 4 is 11.9 Å². The summed E-state index contributed by atoms with van der Waals surface area (Å²) in [5.41, 5.74) is 0. The Kier molecular flexibility index (Phi) is 20.1. The number of esters is 2. The summed E-state index contributed by atoms with van der Waals surface area (Å²) in [4.78, 5) is 31.7. The van der Waals surface area contributed by atoms with E-state index in [0.29, 0.717) is 18.7 Å². The van der Waals surface area contributed by atoms with E-state index in [2.05, 4.69) is 23.8 Å². The van der Waals surface area contributed by atoms with Gasteiger partial charge in [-0.2, -0.15) is 0 Å². The van der Waals surface area contributed by atoms with Gasteiger partial charge in [0.15, 0.2) is 11.9 Å². The number of hydrogen-bond acceptors (Lipinski definition) is 5. The molecular weight excluding hydrogens is 440 g/mol. The third kappa shape index (κ3) is 18.1. The van der Waals surface area contributed by atoms with Crippen LogP contribution in [-0.4, -0.2) is 28.5 Å². The summed E-state index contributed by atoms with van der Waals surface area (Å²) in [6.45, 7) is 4.48. The number of aromatic amines is 1. The second kappa shape index (κ2) is 22.6. The third-order valence-electron chi connectivity index (χ3n) is 6.46. The van der Waals surface area contributed by atoms with Gasteiger partial charge in [0.05, 0.1) is 0 Å². The Balaban J connectivity index is 2.16. The van der Waals surface area contributed by atoms with Crippen LogP contribution in [0.1, 0.15) is 154 Å². The van der Waals surface area contributed by atoms with Gasteiger partial charge in [-0.3, -0.25) is 9.59 Å². The quantitative estimate of drug-likeness (QED) is 0.116. The van der Waals surface area contributed by atoms with Crippen LogP contribution in [0.25, 0.3) is 0 Å². The molecule has 0 aliphatic carbocycles. The molecule has 0 fully saturated rings. The van der Waals surface area contributed by atoms with E-state index in [0.717, 1.165) is 32.1 Å². The molecule has 6 nitrogen and oxygen atoms in total. The van der Waals surface area contributed by atoms with Gasteiger partial charge in [-0.25, -0.2) is 4.98 Å². The Morgan fingerprint density at radius 1 is 0.714 bits per heavy atom. The van der Waals surface area contributed by atoms with Gasteiger partial charge in [-0.15, -0.1) is 0 Å². The lowest BCUT2D eigenvalue weighted by atomic mass is 10.1. The maximum absolute atomic E-state index is 12.4. The maximum atomic E-state index is 12.4. The fraction of sp³-hybridized carbons (Fsp3) is 0.828. The fourth-order valence-electron chi connectivity index (χ4n) is 4.24. The van der Waals surface area contributed by atoms with Crippen molar-refractivity contribution in [3.8, 4) is 0 Å². The van der Waals surface area contributed by atoms with Gasteiger partial charge in [0, 0.05) is 25.2 Å². The highest BCUT2D eigenvalue weighted by Gasteiger charge is 2.21. The molecule has 0 saturated heterocycles. The van der Waals surface area contributed by atoms with E-state index in [1.807, 2.05) is 0 Å². The first-order valence-electron chi connectivity index (χ1n) is 14.5. The molecule has 1 atom stereocenters. The SMILES string of the molecule is CCCCCCCCCCCC(=O)OCC(OC(=O)CCCCCCCCCCC)c1ncc[nH]1. The van der Waals surface area contributed by atoms with Crippen molar-refractivity contribution in [3.05, 3.63) is 18.2 Å². The van der Waals surface area contributed by atoms with E-state index < -0.39 is 6.10 Å². The van der Waals surface area contributed by atoms with Crippen molar-refractivity contribution in [1.82, 2.24) is 9.97 Å².